The Labute approximate surface area is 81.9 Å². The van der Waals surface area contributed by atoms with Crippen molar-refractivity contribution in [3.63, 3.8) is 0 Å². The van der Waals surface area contributed by atoms with Crippen LogP contribution in [0.2, 0.25) is 0 Å². The monoisotopic (exact) mass is 198 g/mol. The van der Waals surface area contributed by atoms with Gasteiger partial charge in [0.15, 0.2) is 0 Å². The van der Waals surface area contributed by atoms with E-state index in [9.17, 15) is 5.11 Å². The molecular weight excluding hydrogens is 184 g/mol. The van der Waals surface area contributed by atoms with Crippen molar-refractivity contribution in [1.29, 1.82) is 0 Å². The molecule has 1 aromatic heterocycles. The maximum absolute atomic E-state index is 9.55. The Morgan fingerprint density at radius 1 is 1.71 bits per heavy atom. The van der Waals surface area contributed by atoms with Crippen LogP contribution in [0, 0.1) is 0 Å². The smallest absolute Gasteiger partial charge is 0.105 e. The van der Waals surface area contributed by atoms with Crippen LogP contribution in [0.15, 0.2) is 6.20 Å². The number of nitrogens with one attached hydrogen (secondary N) is 1. The largest absolute Gasteiger partial charge is 0.388 e. The van der Waals surface area contributed by atoms with Gasteiger partial charge in [-0.1, -0.05) is 5.21 Å². The van der Waals surface area contributed by atoms with E-state index in [0.29, 0.717) is 19.8 Å². The zero-order chi connectivity index (χ0) is 9.97. The lowest BCUT2D eigenvalue weighted by molar-refractivity contribution is 0.117. The zero-order valence-electron chi connectivity index (χ0n) is 8.05. The minimum absolute atomic E-state index is 0.0897. The molecule has 2 heterocycles. The van der Waals surface area contributed by atoms with Crippen molar-refractivity contribution in [2.75, 3.05) is 20.3 Å². The van der Waals surface area contributed by atoms with E-state index in [1.54, 1.807) is 4.68 Å². The van der Waals surface area contributed by atoms with Crippen LogP contribution in [0.5, 0.6) is 0 Å². The maximum Gasteiger partial charge on any atom is 0.105 e. The molecule has 6 heteroatoms. The first-order chi connectivity index (χ1) is 6.81. The van der Waals surface area contributed by atoms with Crippen LogP contribution in [0.25, 0.3) is 0 Å². The standard InChI is InChI=1S/C8H14N4O2/c1-9-2-6-3-12(11-10-6)7-4-14-5-8(7)13/h3,7-9,13H,2,4-5H2,1H3. The van der Waals surface area contributed by atoms with Gasteiger partial charge in [-0.05, 0) is 7.05 Å². The van der Waals surface area contributed by atoms with Gasteiger partial charge in [0.1, 0.15) is 12.1 Å². The van der Waals surface area contributed by atoms with E-state index in [1.165, 1.54) is 0 Å². The first-order valence-corrected chi connectivity index (χ1v) is 4.62. The van der Waals surface area contributed by atoms with E-state index in [2.05, 4.69) is 15.6 Å². The number of aromatic nitrogens is 3. The molecule has 0 amide bonds. The molecule has 6 nitrogen and oxygen atoms in total. The van der Waals surface area contributed by atoms with Crippen LogP contribution < -0.4 is 5.32 Å². The predicted molar refractivity (Wildman–Crippen MR) is 48.6 cm³/mol. The third-order valence-corrected chi connectivity index (χ3v) is 2.28. The summed E-state index contributed by atoms with van der Waals surface area (Å²) in [6, 6.07) is -0.0897. The predicted octanol–water partition coefficient (Wildman–Crippen LogP) is -1.07. The minimum Gasteiger partial charge on any atom is -0.388 e. The molecule has 0 radical (unpaired) electrons. The molecular formula is C8H14N4O2. The molecule has 1 aliphatic rings. The molecule has 2 unspecified atom stereocenters. The molecule has 1 saturated heterocycles. The van der Waals surface area contributed by atoms with Gasteiger partial charge in [-0.25, -0.2) is 4.68 Å². The van der Waals surface area contributed by atoms with Gasteiger partial charge >= 0.3 is 0 Å². The second-order valence-electron chi connectivity index (χ2n) is 3.39. The Bertz CT molecular complexity index is 301. The van der Waals surface area contributed by atoms with E-state index in [4.69, 9.17) is 4.74 Å². The zero-order valence-corrected chi connectivity index (χ0v) is 8.05. The summed E-state index contributed by atoms with van der Waals surface area (Å²) >= 11 is 0. The van der Waals surface area contributed by atoms with E-state index in [1.807, 2.05) is 13.2 Å². The first-order valence-electron chi connectivity index (χ1n) is 4.62. The third kappa shape index (κ3) is 1.77. The van der Waals surface area contributed by atoms with E-state index >= 15 is 0 Å². The van der Waals surface area contributed by atoms with Crippen LogP contribution >= 0.6 is 0 Å². The summed E-state index contributed by atoms with van der Waals surface area (Å²) in [5.74, 6) is 0. The Morgan fingerprint density at radius 2 is 2.57 bits per heavy atom. The number of nitrogens with zero attached hydrogens (tertiary/aromatic N) is 3. The van der Waals surface area contributed by atoms with Crippen molar-refractivity contribution >= 4 is 0 Å². The van der Waals surface area contributed by atoms with Crippen molar-refractivity contribution in [2.45, 2.75) is 18.7 Å². The number of hydrogen-bond donors (Lipinski definition) is 2. The highest BCUT2D eigenvalue weighted by Crippen LogP contribution is 2.18. The van der Waals surface area contributed by atoms with E-state index in [0.717, 1.165) is 5.69 Å². The van der Waals surface area contributed by atoms with Crippen molar-refractivity contribution < 1.29 is 9.84 Å². The molecule has 1 fully saturated rings. The molecule has 0 aliphatic carbocycles. The molecule has 2 atom stereocenters. The second-order valence-corrected chi connectivity index (χ2v) is 3.39. The number of aliphatic hydroxyl groups is 1. The molecule has 2 rings (SSSR count). The van der Waals surface area contributed by atoms with Crippen molar-refractivity contribution in [1.82, 2.24) is 20.3 Å². The molecule has 1 aromatic rings. The Hall–Kier alpha value is -0.980. The Kier molecular flexibility index (Phi) is 2.76. The molecule has 78 valence electrons. The number of ether oxygens (including phenoxy) is 1. The van der Waals surface area contributed by atoms with E-state index < -0.39 is 6.10 Å². The quantitative estimate of drug-likeness (QED) is 0.647. The van der Waals surface area contributed by atoms with Crippen molar-refractivity contribution in [3.05, 3.63) is 11.9 Å². The molecule has 0 aromatic carbocycles. The highest BCUT2D eigenvalue weighted by molar-refractivity contribution is 4.94. The fraction of sp³-hybridized carbons (Fsp3) is 0.750. The molecule has 0 spiro atoms. The van der Waals surface area contributed by atoms with Crippen molar-refractivity contribution in [3.8, 4) is 0 Å². The van der Waals surface area contributed by atoms with Crippen LogP contribution in [-0.4, -0.2) is 46.5 Å². The average molecular weight is 198 g/mol. The van der Waals surface area contributed by atoms with E-state index in [-0.39, 0.29) is 6.04 Å². The summed E-state index contributed by atoms with van der Waals surface area (Å²) in [7, 11) is 1.85. The summed E-state index contributed by atoms with van der Waals surface area (Å²) in [5, 5.41) is 20.5. The van der Waals surface area contributed by atoms with Gasteiger partial charge in [0.25, 0.3) is 0 Å². The van der Waals surface area contributed by atoms with Gasteiger partial charge in [0.05, 0.1) is 25.1 Å². The van der Waals surface area contributed by atoms with Crippen LogP contribution in [-0.2, 0) is 11.3 Å². The highest BCUT2D eigenvalue weighted by atomic mass is 16.5. The lowest BCUT2D eigenvalue weighted by Crippen LogP contribution is -2.22. The summed E-state index contributed by atoms with van der Waals surface area (Å²) in [6.07, 6.45) is 1.36. The van der Waals surface area contributed by atoms with Gasteiger partial charge in [-0.2, -0.15) is 0 Å². The number of hydrogen-bond acceptors (Lipinski definition) is 5. The van der Waals surface area contributed by atoms with Gasteiger partial charge in [-0.3, -0.25) is 0 Å². The molecule has 1 aliphatic heterocycles. The number of aliphatic hydroxyl groups excluding tert-OH is 1. The summed E-state index contributed by atoms with van der Waals surface area (Å²) in [6.45, 7) is 1.57. The molecule has 2 N–H and O–H groups in total. The van der Waals surface area contributed by atoms with Crippen LogP contribution in [0.3, 0.4) is 0 Å². The van der Waals surface area contributed by atoms with Crippen LogP contribution in [0.1, 0.15) is 11.7 Å². The fourth-order valence-corrected chi connectivity index (χ4v) is 1.52. The topological polar surface area (TPSA) is 72.2 Å². The lowest BCUT2D eigenvalue weighted by Gasteiger charge is -2.10. The second kappa shape index (κ2) is 4.04. The Morgan fingerprint density at radius 3 is 3.21 bits per heavy atom. The van der Waals surface area contributed by atoms with Gasteiger partial charge in [0.2, 0.25) is 0 Å². The van der Waals surface area contributed by atoms with Gasteiger partial charge in [0, 0.05) is 6.54 Å². The SMILES string of the molecule is CNCc1cn(C2COCC2O)nn1. The van der Waals surface area contributed by atoms with Crippen molar-refractivity contribution in [2.24, 2.45) is 0 Å². The molecule has 0 bridgehead atoms. The number of rotatable bonds is 3. The maximum atomic E-state index is 9.55. The van der Waals surface area contributed by atoms with Gasteiger partial charge in [-0.15, -0.1) is 5.10 Å². The summed E-state index contributed by atoms with van der Waals surface area (Å²) < 4.78 is 6.81. The average Bonchev–Trinajstić information content (AvgIpc) is 2.74. The lowest BCUT2D eigenvalue weighted by atomic mass is 10.2. The summed E-state index contributed by atoms with van der Waals surface area (Å²) in [5.41, 5.74) is 0.867. The van der Waals surface area contributed by atoms with Gasteiger partial charge < -0.3 is 15.2 Å². The fourth-order valence-electron chi connectivity index (χ4n) is 1.52. The first kappa shape index (κ1) is 9.57. The normalized spacial score (nSPS) is 27.0. The van der Waals surface area contributed by atoms with Crippen LogP contribution in [0.4, 0.5) is 0 Å². The summed E-state index contributed by atoms with van der Waals surface area (Å²) in [4.78, 5) is 0. The highest BCUT2D eigenvalue weighted by Gasteiger charge is 2.28. The Balaban J connectivity index is 2.08. The third-order valence-electron chi connectivity index (χ3n) is 2.28. The molecule has 0 saturated carbocycles. The molecule has 14 heavy (non-hydrogen) atoms. The minimum atomic E-state index is -0.473.